The van der Waals surface area contributed by atoms with Crippen molar-refractivity contribution in [1.82, 2.24) is 0 Å². The highest BCUT2D eigenvalue weighted by Crippen LogP contribution is 2.41. The van der Waals surface area contributed by atoms with Gasteiger partial charge in [-0.25, -0.2) is 0 Å². The van der Waals surface area contributed by atoms with Crippen LogP contribution < -0.4 is 104 Å². The van der Waals surface area contributed by atoms with Crippen LogP contribution in [0, 0.1) is 0 Å². The molecule has 0 unspecified atom stereocenters. The molecule has 0 saturated heterocycles. The monoisotopic (exact) mass is 812 g/mol. The van der Waals surface area contributed by atoms with Crippen LogP contribution >= 0.6 is 0 Å². The molecule has 266 valence electrons. The van der Waals surface area contributed by atoms with Gasteiger partial charge in [-0.15, -0.1) is 32.8 Å². The summed E-state index contributed by atoms with van der Waals surface area (Å²) in [7, 11) is 129. The molecule has 1 heterocycles. The fraction of sp³-hybridized carbons (Fsp3) is 0. The molecule has 10 rings (SSSR count). The highest BCUT2D eigenvalue weighted by atomic mass is 16.3. The first kappa shape index (κ1) is 46.5. The van der Waals surface area contributed by atoms with Crippen molar-refractivity contribution in [3.8, 4) is 44.5 Å². The van der Waals surface area contributed by atoms with Crippen molar-refractivity contribution >= 4 is 307 Å². The third kappa shape index (κ3) is 6.30. The van der Waals surface area contributed by atoms with E-state index in [0.717, 1.165) is 21.9 Å². The molecule has 1 nitrogen and oxygen atoms in total. The van der Waals surface area contributed by atoms with Gasteiger partial charge in [-0.05, 0) is 76.8 Å². The minimum Gasteiger partial charge on any atom is -0.457 e. The van der Waals surface area contributed by atoms with Crippen molar-refractivity contribution in [3.63, 3.8) is 0 Å². The highest BCUT2D eigenvalue weighted by molar-refractivity contribution is 6.74. The molecule has 0 amide bonds. The summed E-state index contributed by atoms with van der Waals surface area (Å²) in [6.07, 6.45) is 0. The zero-order valence-electron chi connectivity index (χ0n) is 36.2. The summed E-state index contributed by atoms with van der Waals surface area (Å²) in [6, 6.07) is 22.0. The summed E-state index contributed by atoms with van der Waals surface area (Å²) < 4.78 is 6.09. The Bertz CT molecular complexity index is 3840. The maximum Gasteiger partial charge on any atom is 0.127 e. The predicted octanol–water partition coefficient (Wildman–Crippen LogP) is -9.20. The minimum atomic E-state index is -0.146. The molecule has 0 fully saturated rings. The molecule has 0 aliphatic heterocycles. The average Bonchev–Trinajstić information content (AvgIpc) is 3.75. The summed E-state index contributed by atoms with van der Waals surface area (Å²) in [6.45, 7) is 0. The Morgan fingerprint density at radius 2 is 0.574 bits per heavy atom. The fourth-order valence-corrected chi connectivity index (χ4v) is 9.81. The Balaban J connectivity index is 1.33. The van der Waals surface area contributed by atoms with Crippen LogP contribution in [-0.2, 0) is 0 Å². The molecule has 9 aromatic carbocycles. The normalized spacial score (nSPS) is 11.8. The quantitative estimate of drug-likeness (QED) is 0.128. The van der Waals surface area contributed by atoms with Crippen molar-refractivity contribution in [2.24, 2.45) is 0 Å². The summed E-state index contributed by atoms with van der Waals surface area (Å²) in [4.78, 5) is 0. The Kier molecular flexibility index (Phi) is 11.3. The van der Waals surface area contributed by atoms with E-state index >= 15 is 0 Å². The molecule has 20 heteroatoms. The molecule has 1 aromatic heterocycles. The van der Waals surface area contributed by atoms with E-state index in [1.54, 1.807) is 0 Å². The van der Waals surface area contributed by atoms with Crippen molar-refractivity contribution < 1.29 is 4.42 Å². The van der Waals surface area contributed by atoms with E-state index < -0.39 is 0 Å². The Morgan fingerprint density at radius 1 is 0.235 bits per heavy atom. The van der Waals surface area contributed by atoms with Crippen LogP contribution in [0.2, 0.25) is 0 Å². The molecule has 0 bridgehead atoms. The molecule has 10 aromatic rings. The van der Waals surface area contributed by atoms with Crippen LogP contribution in [0.4, 0.5) is 0 Å². The second-order valence-corrected chi connectivity index (χ2v) is 16.8. The zero-order chi connectivity index (χ0) is 48.8. The lowest BCUT2D eigenvalue weighted by molar-refractivity contribution is 0.675. The molecular weight excluding hydrogens is 798 g/mol. The maximum atomic E-state index is 7.16. The number of fused-ring (bicyclic) bond motifs is 6. The largest absolute Gasteiger partial charge is 0.457 e. The van der Waals surface area contributed by atoms with Crippen LogP contribution in [0.25, 0.3) is 98.8 Å². The Morgan fingerprint density at radius 3 is 1.07 bits per heavy atom. The van der Waals surface area contributed by atoms with E-state index in [2.05, 4.69) is 18.2 Å². The van der Waals surface area contributed by atoms with E-state index in [0.29, 0.717) is 21.9 Å². The molecular formula is C48H11B19O. The van der Waals surface area contributed by atoms with Gasteiger partial charge in [0, 0.05) is 10.8 Å². The maximum absolute atomic E-state index is 7.16. The summed E-state index contributed by atoms with van der Waals surface area (Å²) in [5.74, 6) is 0. The van der Waals surface area contributed by atoms with Gasteiger partial charge in [0.05, 0.1) is 0 Å². The summed E-state index contributed by atoms with van der Waals surface area (Å²) >= 11 is 0. The smallest absolute Gasteiger partial charge is 0.127 e. The van der Waals surface area contributed by atoms with E-state index in [1.807, 2.05) is 48.5 Å². The zero-order valence-corrected chi connectivity index (χ0v) is 36.2. The van der Waals surface area contributed by atoms with Crippen LogP contribution in [0.1, 0.15) is 0 Å². The van der Waals surface area contributed by atoms with Crippen molar-refractivity contribution in [1.29, 1.82) is 0 Å². The van der Waals surface area contributed by atoms with Gasteiger partial charge in [0.1, 0.15) is 160 Å². The lowest BCUT2D eigenvalue weighted by atomic mass is 9.56. The van der Waals surface area contributed by atoms with E-state index in [1.165, 1.54) is 0 Å². The molecule has 0 aliphatic rings. The van der Waals surface area contributed by atoms with Crippen LogP contribution in [0.15, 0.2) is 71.1 Å². The highest BCUT2D eigenvalue weighted by Gasteiger charge is 2.29. The molecule has 0 saturated carbocycles. The summed E-state index contributed by atoms with van der Waals surface area (Å²) in [5.41, 5.74) is 2.64. The van der Waals surface area contributed by atoms with Gasteiger partial charge in [0.2, 0.25) is 0 Å². The molecule has 0 aliphatic carbocycles. The SMILES string of the molecule is [B]c1c([B])c(-c2c3c([B])c([B])c([B])c([B])c3c(-c3ccc(-c4cccc5ccccc45)cc3)c3c([B])c([B])c([B])c([B])c23)c([B])c([B])c1-c1c([B])c([B])c2oc3c([B])c([B])c([B])c([B])c3c2c1[B]. The van der Waals surface area contributed by atoms with E-state index in [-0.39, 0.29) is 159 Å². The first-order valence-electron chi connectivity index (χ1n) is 20.8. The molecule has 38 radical (unpaired) electrons. The number of benzene rings is 9. The van der Waals surface area contributed by atoms with Gasteiger partial charge in [-0.3, -0.25) is 0 Å². The summed E-state index contributed by atoms with van der Waals surface area (Å²) in [5, 5.41) is 3.62. The minimum absolute atomic E-state index is 0.000996. The standard InChI is InChI=1S/C48H11B19O/c49-28-24(37(58)45(66)47-26(28)27-38(59)43(64)44(65)46(67)48(27)68-47)25-35(56)33(54)23(34(55)36(25)57)18-21-19(29(50)39(60)41(62)31(21)52)17(20-22(18)32(53)42(63)40(61)30(20)51)14-10-8-13(9-11-14)16-7-3-5-12-4-1-2-6-15(12)16/h1-11H. The van der Waals surface area contributed by atoms with Crippen molar-refractivity contribution in [3.05, 3.63) is 66.7 Å². The fourth-order valence-electron chi connectivity index (χ4n) is 9.81. The van der Waals surface area contributed by atoms with Crippen LogP contribution in [-0.4, -0.2) is 149 Å². The number of hydrogen-bond acceptors (Lipinski definition) is 1. The number of hydrogen-bond donors (Lipinski definition) is 0. The molecule has 68 heavy (non-hydrogen) atoms. The van der Waals surface area contributed by atoms with Crippen molar-refractivity contribution in [2.45, 2.75) is 0 Å². The third-order valence-corrected chi connectivity index (χ3v) is 13.4. The first-order chi connectivity index (χ1) is 32.2. The lowest BCUT2D eigenvalue weighted by Gasteiger charge is -2.32. The lowest BCUT2D eigenvalue weighted by Crippen LogP contribution is -2.51. The van der Waals surface area contributed by atoms with Crippen LogP contribution in [0.5, 0.6) is 0 Å². The second-order valence-electron chi connectivity index (χ2n) is 16.8. The van der Waals surface area contributed by atoms with Gasteiger partial charge >= 0.3 is 0 Å². The Labute approximate surface area is 420 Å². The van der Waals surface area contributed by atoms with Gasteiger partial charge < -0.3 is 4.42 Å². The van der Waals surface area contributed by atoms with Gasteiger partial charge in [0.15, 0.2) is 0 Å². The number of furan rings is 1. The molecule has 0 spiro atoms. The van der Waals surface area contributed by atoms with E-state index in [9.17, 15) is 0 Å². The van der Waals surface area contributed by atoms with Gasteiger partial charge in [-0.1, -0.05) is 138 Å². The predicted molar refractivity (Wildman–Crippen MR) is 310 cm³/mol. The van der Waals surface area contributed by atoms with Gasteiger partial charge in [0.25, 0.3) is 0 Å². The topological polar surface area (TPSA) is 13.1 Å². The number of rotatable bonds is 4. The van der Waals surface area contributed by atoms with Crippen molar-refractivity contribution in [2.75, 3.05) is 0 Å². The van der Waals surface area contributed by atoms with Gasteiger partial charge in [-0.2, -0.15) is 0 Å². The Hall–Kier alpha value is -5.21. The molecule has 0 atom stereocenters. The first-order valence-corrected chi connectivity index (χ1v) is 20.8. The average molecular weight is 809 g/mol. The third-order valence-electron chi connectivity index (χ3n) is 13.4. The van der Waals surface area contributed by atoms with Crippen LogP contribution in [0.3, 0.4) is 0 Å². The molecule has 0 N–H and O–H groups in total. The van der Waals surface area contributed by atoms with E-state index in [4.69, 9.17) is 153 Å². The second kappa shape index (κ2) is 16.5.